The molecule has 1 aromatic heterocycles. The van der Waals surface area contributed by atoms with Gasteiger partial charge < -0.3 is 4.57 Å². The van der Waals surface area contributed by atoms with E-state index in [1.165, 1.54) is 185 Å². The third-order valence-corrected chi connectivity index (χ3v) is 9.82. The van der Waals surface area contributed by atoms with Crippen LogP contribution in [0.25, 0.3) is 0 Å². The van der Waals surface area contributed by atoms with Crippen LogP contribution < -0.4 is 0 Å². The lowest BCUT2D eigenvalue weighted by molar-refractivity contribution is 0.275. The number of nitrogens with zero attached hydrogens (tertiary/aromatic N) is 2. The summed E-state index contributed by atoms with van der Waals surface area (Å²) in [6, 6.07) is 11.8. The number of hydrogen-bond donors (Lipinski definition) is 0. The van der Waals surface area contributed by atoms with Crippen LogP contribution in [0.1, 0.15) is 199 Å². The molecule has 0 aliphatic heterocycles. The molecule has 2 rings (SSSR count). The van der Waals surface area contributed by atoms with Gasteiger partial charge in [-0.3, -0.25) is 0 Å². The van der Waals surface area contributed by atoms with Crippen LogP contribution in [0, 0.1) is 5.92 Å². The fraction of sp³-hybridized carbons (Fsp3) is 0.780. The van der Waals surface area contributed by atoms with Crippen LogP contribution in [-0.4, -0.2) is 9.55 Å². The molecule has 0 bridgehead atoms. The molecular formula is C41H72N2. The third-order valence-electron chi connectivity index (χ3n) is 9.82. The van der Waals surface area contributed by atoms with Crippen molar-refractivity contribution >= 4 is 0 Å². The SMILES string of the molecule is CCCCCCCCCCCCCCCC(Cc1ccccc1)C(CCCCCCCCCCCCCC)n1ccnc1. The Morgan fingerprint density at radius 2 is 0.930 bits per heavy atom. The second kappa shape index (κ2) is 27.9. The first-order valence-electron chi connectivity index (χ1n) is 19.4. The van der Waals surface area contributed by atoms with Crippen LogP contribution in [0.3, 0.4) is 0 Å². The van der Waals surface area contributed by atoms with Gasteiger partial charge >= 0.3 is 0 Å². The molecule has 246 valence electrons. The van der Waals surface area contributed by atoms with Crippen LogP contribution in [-0.2, 0) is 6.42 Å². The summed E-state index contributed by atoms with van der Waals surface area (Å²) in [4.78, 5) is 4.47. The molecule has 0 amide bonds. The molecule has 2 unspecified atom stereocenters. The van der Waals surface area contributed by atoms with Crippen LogP contribution in [0.4, 0.5) is 0 Å². The zero-order chi connectivity index (χ0) is 30.5. The van der Waals surface area contributed by atoms with Gasteiger partial charge in [-0.2, -0.15) is 0 Å². The molecule has 0 saturated heterocycles. The molecule has 0 radical (unpaired) electrons. The standard InChI is InChI=1S/C41H72N2/c1-3-5-7-9-11-13-15-17-18-20-22-24-29-33-40(37-39-31-27-26-28-32-39)41(43-36-35-42-38-43)34-30-25-23-21-19-16-14-12-10-8-6-4-2/h26-28,31-32,35-36,38,40-41H,3-25,29-30,33-34,37H2,1-2H3. The third kappa shape index (κ3) is 20.2. The van der Waals surface area contributed by atoms with Crippen molar-refractivity contribution in [3.05, 3.63) is 54.6 Å². The average molecular weight is 593 g/mol. The summed E-state index contributed by atoms with van der Waals surface area (Å²) in [6.07, 6.45) is 45.8. The lowest BCUT2D eigenvalue weighted by Gasteiger charge is -2.29. The first-order valence-corrected chi connectivity index (χ1v) is 19.4. The lowest BCUT2D eigenvalue weighted by Crippen LogP contribution is -2.21. The molecule has 1 aromatic carbocycles. The van der Waals surface area contributed by atoms with Gasteiger partial charge in [-0.1, -0.05) is 205 Å². The Kier molecular flexibility index (Phi) is 24.4. The predicted molar refractivity (Wildman–Crippen MR) is 191 cm³/mol. The van der Waals surface area contributed by atoms with E-state index in [0.717, 1.165) is 0 Å². The number of hydrogen-bond acceptors (Lipinski definition) is 1. The fourth-order valence-corrected chi connectivity index (χ4v) is 7.06. The highest BCUT2D eigenvalue weighted by molar-refractivity contribution is 5.15. The van der Waals surface area contributed by atoms with Gasteiger partial charge in [0.2, 0.25) is 0 Å². The summed E-state index contributed by atoms with van der Waals surface area (Å²) in [5.41, 5.74) is 1.50. The Labute approximate surface area is 269 Å². The number of rotatable bonds is 31. The highest BCUT2D eigenvalue weighted by atomic mass is 15.1. The summed E-state index contributed by atoms with van der Waals surface area (Å²) in [7, 11) is 0. The van der Waals surface area contributed by atoms with Crippen molar-refractivity contribution in [1.82, 2.24) is 9.55 Å². The zero-order valence-corrected chi connectivity index (χ0v) is 29.0. The van der Waals surface area contributed by atoms with E-state index >= 15 is 0 Å². The van der Waals surface area contributed by atoms with E-state index in [1.54, 1.807) is 0 Å². The van der Waals surface area contributed by atoms with Gasteiger partial charge in [0, 0.05) is 18.4 Å². The molecule has 0 N–H and O–H groups in total. The van der Waals surface area contributed by atoms with Crippen molar-refractivity contribution in [3.63, 3.8) is 0 Å². The smallest absolute Gasteiger partial charge is 0.0948 e. The summed E-state index contributed by atoms with van der Waals surface area (Å²) < 4.78 is 2.45. The summed E-state index contributed by atoms with van der Waals surface area (Å²) in [5, 5.41) is 0. The van der Waals surface area contributed by atoms with E-state index in [0.29, 0.717) is 12.0 Å². The molecule has 2 atom stereocenters. The topological polar surface area (TPSA) is 17.8 Å². The molecule has 0 spiro atoms. The summed E-state index contributed by atoms with van der Waals surface area (Å²) in [6.45, 7) is 4.61. The molecule has 2 aromatic rings. The Balaban J connectivity index is 1.70. The van der Waals surface area contributed by atoms with Crippen LogP contribution in [0.15, 0.2) is 49.1 Å². The average Bonchev–Trinajstić information content (AvgIpc) is 3.57. The second-order valence-electron chi connectivity index (χ2n) is 13.7. The maximum Gasteiger partial charge on any atom is 0.0948 e. The van der Waals surface area contributed by atoms with Gasteiger partial charge in [-0.25, -0.2) is 4.98 Å². The van der Waals surface area contributed by atoms with Crippen molar-refractivity contribution in [1.29, 1.82) is 0 Å². The van der Waals surface area contributed by atoms with Gasteiger partial charge in [0.05, 0.1) is 6.33 Å². The van der Waals surface area contributed by atoms with E-state index < -0.39 is 0 Å². The van der Waals surface area contributed by atoms with Gasteiger partial charge in [-0.15, -0.1) is 0 Å². The summed E-state index contributed by atoms with van der Waals surface area (Å²) in [5.74, 6) is 0.692. The quantitative estimate of drug-likeness (QED) is 0.0796. The number of benzene rings is 1. The van der Waals surface area contributed by atoms with E-state index in [1.807, 2.05) is 6.20 Å². The normalized spacial score (nSPS) is 13.0. The highest BCUT2D eigenvalue weighted by Crippen LogP contribution is 2.32. The number of aromatic nitrogens is 2. The minimum absolute atomic E-state index is 0.572. The van der Waals surface area contributed by atoms with Crippen molar-refractivity contribution in [2.45, 2.75) is 200 Å². The highest BCUT2D eigenvalue weighted by Gasteiger charge is 2.23. The van der Waals surface area contributed by atoms with Crippen LogP contribution >= 0.6 is 0 Å². The van der Waals surface area contributed by atoms with Gasteiger partial charge in [0.25, 0.3) is 0 Å². The molecule has 2 nitrogen and oxygen atoms in total. The van der Waals surface area contributed by atoms with Gasteiger partial charge in [0.1, 0.15) is 0 Å². The van der Waals surface area contributed by atoms with E-state index in [4.69, 9.17) is 0 Å². The van der Waals surface area contributed by atoms with Crippen molar-refractivity contribution in [3.8, 4) is 0 Å². The summed E-state index contributed by atoms with van der Waals surface area (Å²) >= 11 is 0. The van der Waals surface area contributed by atoms with Crippen molar-refractivity contribution in [2.24, 2.45) is 5.92 Å². The lowest BCUT2D eigenvalue weighted by atomic mass is 9.84. The molecule has 0 saturated carbocycles. The van der Waals surface area contributed by atoms with Crippen molar-refractivity contribution in [2.75, 3.05) is 0 Å². The minimum atomic E-state index is 0.572. The first-order chi connectivity index (χ1) is 21.3. The molecule has 0 aliphatic carbocycles. The van der Waals surface area contributed by atoms with Crippen LogP contribution in [0.5, 0.6) is 0 Å². The molecule has 1 heterocycles. The molecule has 2 heteroatoms. The largest absolute Gasteiger partial charge is 0.334 e. The second-order valence-corrected chi connectivity index (χ2v) is 13.7. The monoisotopic (exact) mass is 593 g/mol. The van der Waals surface area contributed by atoms with E-state index in [-0.39, 0.29) is 0 Å². The minimum Gasteiger partial charge on any atom is -0.334 e. The van der Waals surface area contributed by atoms with Crippen LogP contribution in [0.2, 0.25) is 0 Å². The Bertz CT molecular complexity index is 798. The number of imidazole rings is 1. The Morgan fingerprint density at radius 3 is 1.35 bits per heavy atom. The maximum atomic E-state index is 4.47. The maximum absolute atomic E-state index is 4.47. The fourth-order valence-electron chi connectivity index (χ4n) is 7.06. The molecule has 43 heavy (non-hydrogen) atoms. The van der Waals surface area contributed by atoms with E-state index in [9.17, 15) is 0 Å². The predicted octanol–water partition coefficient (Wildman–Crippen LogP) is 13.9. The van der Waals surface area contributed by atoms with Crippen molar-refractivity contribution < 1.29 is 0 Å². The number of unbranched alkanes of at least 4 members (excludes halogenated alkanes) is 23. The first kappa shape index (κ1) is 37.6. The Morgan fingerprint density at radius 1 is 0.512 bits per heavy atom. The van der Waals surface area contributed by atoms with E-state index in [2.05, 4.69) is 66.3 Å². The zero-order valence-electron chi connectivity index (χ0n) is 29.0. The Hall–Kier alpha value is -1.57. The van der Waals surface area contributed by atoms with Gasteiger partial charge in [-0.05, 0) is 30.7 Å². The molecule has 0 aliphatic rings. The molecule has 0 fully saturated rings. The molecular weight excluding hydrogens is 520 g/mol. The van der Waals surface area contributed by atoms with Gasteiger partial charge in [0.15, 0.2) is 0 Å².